The second-order valence-corrected chi connectivity index (χ2v) is 7.21. The van der Waals surface area contributed by atoms with Crippen LogP contribution in [-0.4, -0.2) is 53.3 Å². The first-order valence-corrected chi connectivity index (χ1v) is 9.76. The molecular formula is C22H23N3O5. The fourth-order valence-corrected chi connectivity index (χ4v) is 3.54. The van der Waals surface area contributed by atoms with E-state index >= 15 is 0 Å². The third kappa shape index (κ3) is 4.05. The van der Waals surface area contributed by atoms with E-state index in [0.717, 1.165) is 11.3 Å². The van der Waals surface area contributed by atoms with Crippen molar-refractivity contribution in [2.75, 3.05) is 20.3 Å². The summed E-state index contributed by atoms with van der Waals surface area (Å²) < 4.78 is 12.0. The zero-order valence-corrected chi connectivity index (χ0v) is 16.6. The van der Waals surface area contributed by atoms with E-state index in [1.165, 1.54) is 0 Å². The van der Waals surface area contributed by atoms with Crippen LogP contribution in [-0.2, 0) is 11.3 Å². The largest absolute Gasteiger partial charge is 0.497 e. The lowest BCUT2D eigenvalue weighted by atomic mass is 10.1. The summed E-state index contributed by atoms with van der Waals surface area (Å²) in [4.78, 5) is 25.8. The van der Waals surface area contributed by atoms with Crippen molar-refractivity contribution in [3.63, 3.8) is 0 Å². The van der Waals surface area contributed by atoms with Crippen molar-refractivity contribution in [3.05, 3.63) is 70.0 Å². The molecule has 2 N–H and O–H groups in total. The minimum absolute atomic E-state index is 0.151. The molecule has 156 valence electrons. The number of aromatic nitrogens is 2. The molecule has 0 aliphatic carbocycles. The molecule has 8 nitrogen and oxygen atoms in total. The predicted molar refractivity (Wildman–Crippen MR) is 111 cm³/mol. The number of ether oxygens (including phenoxy) is 2. The molecule has 4 rings (SSSR count). The summed E-state index contributed by atoms with van der Waals surface area (Å²) in [7, 11) is 1.60. The van der Waals surface area contributed by atoms with Crippen LogP contribution in [0.4, 0.5) is 0 Å². The van der Waals surface area contributed by atoms with Crippen LogP contribution in [0.1, 0.15) is 22.5 Å². The molecule has 0 saturated carbocycles. The number of aliphatic hydroxyl groups excluding tert-OH is 1. The van der Waals surface area contributed by atoms with Gasteiger partial charge >= 0.3 is 0 Å². The molecule has 0 radical (unpaired) electrons. The molecular weight excluding hydrogens is 386 g/mol. The summed E-state index contributed by atoms with van der Waals surface area (Å²) in [6.45, 7) is 0.970. The van der Waals surface area contributed by atoms with E-state index in [1.54, 1.807) is 30.0 Å². The molecule has 1 saturated heterocycles. The predicted octanol–water partition coefficient (Wildman–Crippen LogP) is 1.33. The molecule has 2 aromatic carbocycles. The first kappa shape index (κ1) is 20.1. The lowest BCUT2D eigenvalue weighted by Crippen LogP contribution is -2.49. The van der Waals surface area contributed by atoms with E-state index in [9.17, 15) is 14.7 Å². The van der Waals surface area contributed by atoms with Crippen LogP contribution in [0.15, 0.2) is 53.3 Å². The maximum atomic E-state index is 12.9. The second-order valence-electron chi connectivity index (χ2n) is 7.21. The van der Waals surface area contributed by atoms with Gasteiger partial charge in [0, 0.05) is 12.0 Å². The Morgan fingerprint density at radius 2 is 2.03 bits per heavy atom. The van der Waals surface area contributed by atoms with Gasteiger partial charge in [0.15, 0.2) is 5.69 Å². The molecule has 1 aliphatic heterocycles. The molecule has 8 heteroatoms. The Kier molecular flexibility index (Phi) is 5.78. The lowest BCUT2D eigenvalue weighted by Gasteiger charge is -2.28. The van der Waals surface area contributed by atoms with Crippen molar-refractivity contribution in [1.82, 2.24) is 15.1 Å². The minimum Gasteiger partial charge on any atom is -0.497 e. The summed E-state index contributed by atoms with van der Waals surface area (Å²) in [6.07, 6.45) is -0.342. The first-order chi connectivity index (χ1) is 14.6. The van der Waals surface area contributed by atoms with Crippen molar-refractivity contribution in [2.45, 2.75) is 25.1 Å². The topological polar surface area (TPSA) is 103 Å². The maximum absolute atomic E-state index is 12.9. The molecule has 1 aromatic heterocycles. The third-order valence-electron chi connectivity index (χ3n) is 5.21. The van der Waals surface area contributed by atoms with Gasteiger partial charge < -0.3 is 19.9 Å². The summed E-state index contributed by atoms with van der Waals surface area (Å²) in [5, 5.41) is 17.6. The number of carbonyl (C=O) groups excluding carboxylic acids is 1. The van der Waals surface area contributed by atoms with Crippen LogP contribution in [0.3, 0.4) is 0 Å². The summed E-state index contributed by atoms with van der Waals surface area (Å²) >= 11 is 0. The summed E-state index contributed by atoms with van der Waals surface area (Å²) in [5.74, 6) is 0.145. The number of nitrogens with one attached hydrogen (secondary N) is 1. The summed E-state index contributed by atoms with van der Waals surface area (Å²) in [6, 6.07) is 14.1. The number of carbonyl (C=O) groups is 1. The van der Waals surface area contributed by atoms with E-state index < -0.39 is 23.5 Å². The van der Waals surface area contributed by atoms with Crippen molar-refractivity contribution in [2.24, 2.45) is 0 Å². The average molecular weight is 409 g/mol. The Bertz CT molecular complexity index is 1110. The molecule has 30 heavy (non-hydrogen) atoms. The van der Waals surface area contributed by atoms with Crippen molar-refractivity contribution in [3.8, 4) is 5.75 Å². The van der Waals surface area contributed by atoms with E-state index in [0.29, 0.717) is 30.5 Å². The average Bonchev–Trinajstić information content (AvgIpc) is 2.77. The van der Waals surface area contributed by atoms with Gasteiger partial charge in [-0.25, -0.2) is 0 Å². The number of methoxy groups -OCH3 is 1. The second kappa shape index (κ2) is 8.64. The fourth-order valence-electron chi connectivity index (χ4n) is 3.54. The fraction of sp³-hybridized carbons (Fsp3) is 0.318. The number of nitrogens with zero attached hydrogens (tertiary/aromatic N) is 2. The van der Waals surface area contributed by atoms with Crippen LogP contribution >= 0.6 is 0 Å². The van der Waals surface area contributed by atoms with E-state index in [2.05, 4.69) is 10.4 Å². The first-order valence-electron chi connectivity index (χ1n) is 9.76. The monoisotopic (exact) mass is 409 g/mol. The molecule has 0 bridgehead atoms. The molecule has 0 unspecified atom stereocenters. The normalized spacial score (nSPS) is 18.9. The zero-order valence-electron chi connectivity index (χ0n) is 16.6. The molecule has 1 fully saturated rings. The number of hydrogen-bond acceptors (Lipinski definition) is 6. The van der Waals surface area contributed by atoms with Gasteiger partial charge in [0.1, 0.15) is 5.75 Å². The smallest absolute Gasteiger partial charge is 0.276 e. The Morgan fingerprint density at radius 3 is 2.77 bits per heavy atom. The third-order valence-corrected chi connectivity index (χ3v) is 5.21. The van der Waals surface area contributed by atoms with Crippen molar-refractivity contribution >= 4 is 16.8 Å². The Morgan fingerprint density at radius 1 is 1.27 bits per heavy atom. The van der Waals surface area contributed by atoms with Crippen LogP contribution in [0.5, 0.6) is 5.75 Å². The Labute approximate surface area is 173 Å². The number of fused-ring (bicyclic) bond motifs is 1. The van der Waals surface area contributed by atoms with Gasteiger partial charge in [-0.1, -0.05) is 24.3 Å². The van der Waals surface area contributed by atoms with E-state index in [1.807, 2.05) is 30.3 Å². The van der Waals surface area contributed by atoms with Gasteiger partial charge in [-0.2, -0.15) is 5.10 Å². The molecule has 2 heterocycles. The van der Waals surface area contributed by atoms with Gasteiger partial charge in [-0.3, -0.25) is 14.3 Å². The van der Waals surface area contributed by atoms with Gasteiger partial charge in [-0.15, -0.1) is 0 Å². The molecule has 2 atom stereocenters. The highest BCUT2D eigenvalue weighted by Gasteiger charge is 2.27. The number of rotatable bonds is 5. The summed E-state index contributed by atoms with van der Waals surface area (Å²) in [5.41, 5.74) is 0.959. The van der Waals surface area contributed by atoms with Crippen LogP contribution < -0.4 is 15.5 Å². The van der Waals surface area contributed by atoms with Gasteiger partial charge in [-0.05, 0) is 36.2 Å². The highest BCUT2D eigenvalue weighted by Crippen LogP contribution is 2.16. The highest BCUT2D eigenvalue weighted by molar-refractivity contribution is 5.95. The number of amides is 1. The Balaban J connectivity index is 1.70. The Hall–Kier alpha value is -3.23. The molecule has 0 spiro atoms. The minimum atomic E-state index is -0.815. The number of hydrogen-bond donors (Lipinski definition) is 2. The number of aliphatic hydroxyl groups is 1. The standard InChI is InChI=1S/C22H23N3O5/c1-29-15-8-6-14(7-9-15)12-25-18-5-3-2-4-16(18)21(27)20(24-25)22(28)23-17-10-11-30-13-19(17)26/h2-9,17,19,26H,10-13H2,1H3,(H,23,28)/t17-,19-/m1/s1. The molecule has 3 aromatic rings. The van der Waals surface area contributed by atoms with Crippen LogP contribution in [0, 0.1) is 0 Å². The van der Waals surface area contributed by atoms with E-state index in [4.69, 9.17) is 9.47 Å². The molecule has 1 amide bonds. The lowest BCUT2D eigenvalue weighted by molar-refractivity contribution is -0.0261. The number of benzene rings is 2. The van der Waals surface area contributed by atoms with E-state index in [-0.39, 0.29) is 12.3 Å². The SMILES string of the molecule is COc1ccc(Cn2nc(C(=O)N[C@@H]3CCOC[C@H]3O)c(=O)c3ccccc32)cc1. The van der Waals surface area contributed by atoms with Gasteiger partial charge in [0.2, 0.25) is 5.43 Å². The van der Waals surface area contributed by atoms with Crippen LogP contribution in [0.25, 0.3) is 10.9 Å². The quantitative estimate of drug-likeness (QED) is 0.659. The van der Waals surface area contributed by atoms with Crippen molar-refractivity contribution < 1.29 is 19.4 Å². The van der Waals surface area contributed by atoms with Crippen molar-refractivity contribution in [1.29, 1.82) is 0 Å². The zero-order chi connectivity index (χ0) is 21.1. The highest BCUT2D eigenvalue weighted by atomic mass is 16.5. The van der Waals surface area contributed by atoms with Crippen LogP contribution in [0.2, 0.25) is 0 Å². The van der Waals surface area contributed by atoms with Gasteiger partial charge in [0.05, 0.1) is 37.9 Å². The molecule has 1 aliphatic rings. The number of para-hydroxylation sites is 1. The van der Waals surface area contributed by atoms with Gasteiger partial charge in [0.25, 0.3) is 5.91 Å². The maximum Gasteiger partial charge on any atom is 0.276 e.